The van der Waals surface area contributed by atoms with Crippen molar-refractivity contribution in [3.63, 3.8) is 0 Å². The smallest absolute Gasteiger partial charge is 0.00103 e. The lowest BCUT2D eigenvalue weighted by atomic mass is 9.89. The minimum Gasteiger partial charge on any atom is -0.315 e. The Morgan fingerprint density at radius 1 is 1.00 bits per heavy atom. The van der Waals surface area contributed by atoms with E-state index in [1.54, 1.807) is 0 Å². The topological polar surface area (TPSA) is 15.3 Å². The van der Waals surface area contributed by atoms with Crippen LogP contribution in [0.1, 0.15) is 66.2 Å². The Hall–Kier alpha value is -0.0800. The minimum absolute atomic E-state index is 0.638. The average molecular weight is 268 g/mol. The third-order valence-corrected chi connectivity index (χ3v) is 4.51. The maximum absolute atomic E-state index is 3.50. The predicted molar refractivity (Wildman–Crippen MR) is 85.6 cm³/mol. The third kappa shape index (κ3) is 7.94. The van der Waals surface area contributed by atoms with Gasteiger partial charge in [-0.25, -0.2) is 0 Å². The lowest BCUT2D eigenvalue weighted by Crippen LogP contribution is -2.27. The molecule has 1 aliphatic rings. The van der Waals surface area contributed by atoms with Gasteiger partial charge in [-0.1, -0.05) is 34.1 Å². The number of unbranched alkanes of at least 4 members (excludes halogenated alkanes) is 2. The summed E-state index contributed by atoms with van der Waals surface area (Å²) in [7, 11) is 0. The first-order chi connectivity index (χ1) is 9.09. The van der Waals surface area contributed by atoms with E-state index in [2.05, 4.69) is 37.9 Å². The molecule has 0 aromatic rings. The van der Waals surface area contributed by atoms with Crippen molar-refractivity contribution in [1.82, 2.24) is 10.2 Å². The fourth-order valence-electron chi connectivity index (χ4n) is 3.10. The van der Waals surface area contributed by atoms with Crippen molar-refractivity contribution in [2.45, 2.75) is 72.3 Å². The van der Waals surface area contributed by atoms with Crippen molar-refractivity contribution in [2.75, 3.05) is 26.2 Å². The summed E-state index contributed by atoms with van der Waals surface area (Å²) in [5.41, 5.74) is 0. The van der Waals surface area contributed by atoms with E-state index in [0.717, 1.165) is 11.8 Å². The highest BCUT2D eigenvalue weighted by molar-refractivity contribution is 4.72. The zero-order valence-electron chi connectivity index (χ0n) is 13.8. The van der Waals surface area contributed by atoms with Gasteiger partial charge in [-0.2, -0.15) is 0 Å². The molecule has 1 atom stereocenters. The zero-order valence-corrected chi connectivity index (χ0v) is 13.8. The van der Waals surface area contributed by atoms with Crippen LogP contribution in [0.25, 0.3) is 0 Å². The fourth-order valence-corrected chi connectivity index (χ4v) is 3.10. The number of rotatable bonds is 8. The first-order valence-electron chi connectivity index (χ1n) is 8.55. The molecule has 19 heavy (non-hydrogen) atoms. The molecule has 0 radical (unpaired) electrons. The quantitative estimate of drug-likeness (QED) is 0.671. The summed E-state index contributed by atoms with van der Waals surface area (Å²) in [5, 5.41) is 3.50. The molecule has 0 spiro atoms. The van der Waals surface area contributed by atoms with Crippen LogP contribution in [0.15, 0.2) is 0 Å². The molecule has 1 fully saturated rings. The van der Waals surface area contributed by atoms with Gasteiger partial charge in [0, 0.05) is 6.04 Å². The van der Waals surface area contributed by atoms with Gasteiger partial charge in [-0.05, 0) is 70.1 Å². The Kier molecular flexibility index (Phi) is 8.72. The van der Waals surface area contributed by atoms with Gasteiger partial charge in [0.25, 0.3) is 0 Å². The van der Waals surface area contributed by atoms with Crippen molar-refractivity contribution in [1.29, 1.82) is 0 Å². The maximum atomic E-state index is 3.50. The first-order valence-corrected chi connectivity index (χ1v) is 8.55. The molecule has 0 aromatic carbocycles. The number of likely N-dealkylation sites (tertiary alicyclic amines) is 1. The molecule has 0 aromatic heterocycles. The van der Waals surface area contributed by atoms with Crippen LogP contribution >= 0.6 is 0 Å². The minimum atomic E-state index is 0.638. The average Bonchev–Trinajstić information content (AvgIpc) is 2.58. The summed E-state index contributed by atoms with van der Waals surface area (Å²) < 4.78 is 0. The monoisotopic (exact) mass is 268 g/mol. The summed E-state index contributed by atoms with van der Waals surface area (Å²) in [6.07, 6.45) is 8.38. The molecule has 1 heterocycles. The molecule has 114 valence electrons. The molecule has 1 N–H and O–H groups in total. The lowest BCUT2D eigenvalue weighted by molar-refractivity contribution is 0.266. The predicted octanol–water partition coefficient (Wildman–Crippen LogP) is 3.91. The summed E-state index contributed by atoms with van der Waals surface area (Å²) in [6.45, 7) is 14.4. The molecule has 1 saturated heterocycles. The first kappa shape index (κ1) is 17.0. The van der Waals surface area contributed by atoms with E-state index in [4.69, 9.17) is 0 Å². The van der Waals surface area contributed by atoms with Crippen molar-refractivity contribution < 1.29 is 0 Å². The number of hydrogen-bond donors (Lipinski definition) is 1. The second-order valence-electron chi connectivity index (χ2n) is 6.95. The van der Waals surface area contributed by atoms with Gasteiger partial charge in [-0.15, -0.1) is 0 Å². The van der Waals surface area contributed by atoms with E-state index < -0.39 is 0 Å². The van der Waals surface area contributed by atoms with Crippen molar-refractivity contribution in [3.8, 4) is 0 Å². The molecule has 0 aliphatic carbocycles. The Labute approximate surface area is 121 Å². The number of nitrogens with one attached hydrogen (secondary N) is 1. The van der Waals surface area contributed by atoms with Gasteiger partial charge >= 0.3 is 0 Å². The van der Waals surface area contributed by atoms with Crippen LogP contribution in [0.5, 0.6) is 0 Å². The van der Waals surface area contributed by atoms with E-state index in [-0.39, 0.29) is 0 Å². The van der Waals surface area contributed by atoms with Crippen LogP contribution < -0.4 is 5.32 Å². The van der Waals surface area contributed by atoms with E-state index in [1.165, 1.54) is 64.7 Å². The third-order valence-electron chi connectivity index (χ3n) is 4.51. The highest BCUT2D eigenvalue weighted by Crippen LogP contribution is 2.24. The van der Waals surface area contributed by atoms with Crippen LogP contribution in [0.3, 0.4) is 0 Å². The van der Waals surface area contributed by atoms with Crippen molar-refractivity contribution >= 4 is 0 Å². The zero-order chi connectivity index (χ0) is 14.1. The van der Waals surface area contributed by atoms with E-state index >= 15 is 0 Å². The van der Waals surface area contributed by atoms with E-state index in [0.29, 0.717) is 6.04 Å². The van der Waals surface area contributed by atoms with Gasteiger partial charge in [0.15, 0.2) is 0 Å². The van der Waals surface area contributed by atoms with Crippen molar-refractivity contribution in [2.24, 2.45) is 11.8 Å². The Morgan fingerprint density at radius 2 is 1.79 bits per heavy atom. The Morgan fingerprint density at radius 3 is 2.47 bits per heavy atom. The van der Waals surface area contributed by atoms with Gasteiger partial charge in [-0.3, -0.25) is 0 Å². The standard InChI is InChI=1S/C17H36N2/c1-15(2)17-9-8-13-19(14-10-17)12-7-5-6-11-18-16(3)4/h15-18H,5-14H2,1-4H3. The molecule has 0 bridgehead atoms. The Bertz CT molecular complexity index is 213. The molecule has 2 heteroatoms. The fraction of sp³-hybridized carbons (Fsp3) is 1.00. The highest BCUT2D eigenvalue weighted by atomic mass is 15.1. The van der Waals surface area contributed by atoms with Crippen molar-refractivity contribution in [3.05, 3.63) is 0 Å². The van der Waals surface area contributed by atoms with Gasteiger partial charge in [0.2, 0.25) is 0 Å². The normalized spacial score (nSPS) is 22.1. The molecular formula is C17H36N2. The molecule has 1 aliphatic heterocycles. The van der Waals surface area contributed by atoms with E-state index in [1.807, 2.05) is 0 Å². The maximum Gasteiger partial charge on any atom is 0.00103 e. The Balaban J connectivity index is 2.03. The van der Waals surface area contributed by atoms with Gasteiger partial charge in [0.05, 0.1) is 0 Å². The molecule has 0 saturated carbocycles. The summed E-state index contributed by atoms with van der Waals surface area (Å²) >= 11 is 0. The van der Waals surface area contributed by atoms with Crippen LogP contribution in [-0.4, -0.2) is 37.1 Å². The van der Waals surface area contributed by atoms with Crippen LogP contribution in [0, 0.1) is 11.8 Å². The molecule has 0 amide bonds. The largest absolute Gasteiger partial charge is 0.315 e. The molecular weight excluding hydrogens is 232 g/mol. The number of hydrogen-bond acceptors (Lipinski definition) is 2. The van der Waals surface area contributed by atoms with Gasteiger partial charge in [0.1, 0.15) is 0 Å². The second-order valence-corrected chi connectivity index (χ2v) is 6.95. The summed E-state index contributed by atoms with van der Waals surface area (Å²) in [6, 6.07) is 0.638. The molecule has 1 unspecified atom stereocenters. The lowest BCUT2D eigenvalue weighted by Gasteiger charge is -2.21. The SMILES string of the molecule is CC(C)NCCCCCN1CCCC(C(C)C)CC1. The molecule has 1 rings (SSSR count). The number of nitrogens with zero attached hydrogens (tertiary/aromatic N) is 1. The van der Waals surface area contributed by atoms with E-state index in [9.17, 15) is 0 Å². The highest BCUT2D eigenvalue weighted by Gasteiger charge is 2.18. The second kappa shape index (κ2) is 9.77. The van der Waals surface area contributed by atoms with Crippen LogP contribution in [-0.2, 0) is 0 Å². The van der Waals surface area contributed by atoms with Crippen LogP contribution in [0.4, 0.5) is 0 Å². The summed E-state index contributed by atoms with van der Waals surface area (Å²) in [5.74, 6) is 1.85. The summed E-state index contributed by atoms with van der Waals surface area (Å²) in [4.78, 5) is 2.71. The van der Waals surface area contributed by atoms with Gasteiger partial charge < -0.3 is 10.2 Å². The van der Waals surface area contributed by atoms with Crippen LogP contribution in [0.2, 0.25) is 0 Å². The molecule has 2 nitrogen and oxygen atoms in total.